The topological polar surface area (TPSA) is 40.2 Å². The summed E-state index contributed by atoms with van der Waals surface area (Å²) in [5, 5.41) is 0. The van der Waals surface area contributed by atoms with Crippen molar-refractivity contribution in [3.63, 3.8) is 0 Å². The molecule has 0 spiro atoms. The van der Waals surface area contributed by atoms with Gasteiger partial charge in [-0.3, -0.25) is 0 Å². The third kappa shape index (κ3) is 3.32. The fraction of sp³-hybridized carbons (Fsp3) is 0.368. The first-order valence-electron chi connectivity index (χ1n) is 7.95. The number of nitrogens with zero attached hydrogens (tertiary/aromatic N) is 1. The Morgan fingerprint density at radius 2 is 1.54 bits per heavy atom. The second-order valence-electron chi connectivity index (χ2n) is 5.65. The molecule has 0 aromatic heterocycles. The van der Waals surface area contributed by atoms with Crippen LogP contribution in [0.3, 0.4) is 0 Å². The van der Waals surface area contributed by atoms with Crippen molar-refractivity contribution in [2.75, 3.05) is 32.8 Å². The highest BCUT2D eigenvalue weighted by Gasteiger charge is 2.46. The Morgan fingerprint density at radius 3 is 2.12 bits per heavy atom. The molecule has 1 saturated heterocycles. The Labute approximate surface area is 142 Å². The molecule has 5 heteroatoms. The van der Waals surface area contributed by atoms with Gasteiger partial charge in [-0.1, -0.05) is 18.2 Å². The summed E-state index contributed by atoms with van der Waals surface area (Å²) >= 11 is 0. The molecule has 1 fully saturated rings. The molecular weight excluding hydrogens is 306 g/mol. The summed E-state index contributed by atoms with van der Waals surface area (Å²) in [6.07, 6.45) is -0.367. The van der Waals surface area contributed by atoms with Crippen LogP contribution in [0.5, 0.6) is 11.5 Å². The van der Waals surface area contributed by atoms with Crippen molar-refractivity contribution in [1.82, 2.24) is 0 Å². The van der Waals surface area contributed by atoms with E-state index < -0.39 is 0 Å². The minimum atomic E-state index is -0.366. The van der Waals surface area contributed by atoms with Crippen LogP contribution in [0, 0.1) is 0 Å². The molecule has 0 saturated carbocycles. The summed E-state index contributed by atoms with van der Waals surface area (Å²) in [6.45, 7) is 0.773. The van der Waals surface area contributed by atoms with Gasteiger partial charge in [0.25, 0.3) is 0 Å². The van der Waals surface area contributed by atoms with Gasteiger partial charge in [0, 0.05) is 19.9 Å². The van der Waals surface area contributed by atoms with E-state index in [0.29, 0.717) is 0 Å². The number of para-hydroxylation sites is 1. The highest BCUT2D eigenvalue weighted by molar-refractivity contribution is 5.53. The van der Waals surface area contributed by atoms with Crippen molar-refractivity contribution >= 4 is 5.69 Å². The fourth-order valence-electron chi connectivity index (χ4n) is 3.02. The van der Waals surface area contributed by atoms with Gasteiger partial charge in [-0.15, -0.1) is 0 Å². The highest BCUT2D eigenvalue weighted by Crippen LogP contribution is 2.33. The van der Waals surface area contributed by atoms with Crippen LogP contribution in [0.1, 0.15) is 0 Å². The molecule has 0 bridgehead atoms. The lowest BCUT2D eigenvalue weighted by molar-refractivity contribution is -0.146. The maximum Gasteiger partial charge on any atom is 0.180 e. The molecular formula is C19H23NO4. The molecule has 0 aliphatic carbocycles. The van der Waals surface area contributed by atoms with Gasteiger partial charge in [-0.25, -0.2) is 0 Å². The molecule has 1 aliphatic rings. The summed E-state index contributed by atoms with van der Waals surface area (Å²) in [7, 11) is 4.97. The number of hydrogen-bond acceptors (Lipinski definition) is 5. The average molecular weight is 329 g/mol. The Balaban J connectivity index is 1.77. The summed E-state index contributed by atoms with van der Waals surface area (Å²) in [5.41, 5.74) is 1.09. The average Bonchev–Trinajstić information content (AvgIpc) is 2.63. The van der Waals surface area contributed by atoms with Crippen LogP contribution >= 0.6 is 0 Å². The second-order valence-corrected chi connectivity index (χ2v) is 5.65. The lowest BCUT2D eigenvalue weighted by Gasteiger charge is -2.50. The highest BCUT2D eigenvalue weighted by atomic mass is 16.7. The van der Waals surface area contributed by atoms with Gasteiger partial charge in [0.2, 0.25) is 0 Å². The van der Waals surface area contributed by atoms with Gasteiger partial charge in [-0.2, -0.15) is 0 Å². The van der Waals surface area contributed by atoms with Crippen molar-refractivity contribution in [2.45, 2.75) is 18.4 Å². The molecule has 0 N–H and O–H groups in total. The van der Waals surface area contributed by atoms with Gasteiger partial charge < -0.3 is 23.8 Å². The Morgan fingerprint density at radius 1 is 0.875 bits per heavy atom. The number of methoxy groups -OCH3 is 3. The maximum atomic E-state index is 6.12. The SMILES string of the molecule is COc1ccc(N2C[C@@H](Oc3ccccc3)[C@H]2C(OC)OC)cc1. The number of ether oxygens (including phenoxy) is 4. The standard InChI is InChI=1S/C19H23NO4/c1-21-15-11-9-14(10-12-15)20-13-17(18(20)19(22-2)23-3)24-16-7-5-4-6-8-16/h4-12,17-19H,13H2,1-3H3/t17-,18+/m1/s1. The maximum absolute atomic E-state index is 6.12. The van der Waals surface area contributed by atoms with E-state index >= 15 is 0 Å². The van der Waals surface area contributed by atoms with E-state index in [1.165, 1.54) is 0 Å². The van der Waals surface area contributed by atoms with Crippen LogP contribution in [-0.4, -0.2) is 46.3 Å². The van der Waals surface area contributed by atoms with Crippen LogP contribution in [-0.2, 0) is 9.47 Å². The minimum absolute atomic E-state index is 0.000554. The Kier molecular flexibility index (Phi) is 5.23. The van der Waals surface area contributed by atoms with Gasteiger partial charge in [0.1, 0.15) is 23.6 Å². The number of anilines is 1. The zero-order valence-corrected chi connectivity index (χ0v) is 14.2. The van der Waals surface area contributed by atoms with Gasteiger partial charge in [-0.05, 0) is 36.4 Å². The normalized spacial score (nSPS) is 19.9. The first kappa shape index (κ1) is 16.6. The largest absolute Gasteiger partial charge is 0.497 e. The van der Waals surface area contributed by atoms with Crippen LogP contribution in [0.25, 0.3) is 0 Å². The molecule has 3 rings (SSSR count). The molecule has 2 aromatic carbocycles. The third-order valence-electron chi connectivity index (χ3n) is 4.30. The lowest BCUT2D eigenvalue weighted by atomic mass is 9.96. The van der Waals surface area contributed by atoms with Crippen molar-refractivity contribution in [3.05, 3.63) is 54.6 Å². The van der Waals surface area contributed by atoms with E-state index in [1.54, 1.807) is 21.3 Å². The van der Waals surface area contributed by atoms with E-state index in [2.05, 4.69) is 4.90 Å². The number of hydrogen-bond donors (Lipinski definition) is 0. The molecule has 1 heterocycles. The van der Waals surface area contributed by atoms with Crippen molar-refractivity contribution in [2.24, 2.45) is 0 Å². The van der Waals surface area contributed by atoms with Crippen molar-refractivity contribution < 1.29 is 18.9 Å². The summed E-state index contributed by atoms with van der Waals surface area (Å²) in [4.78, 5) is 2.23. The molecule has 24 heavy (non-hydrogen) atoms. The van der Waals surface area contributed by atoms with Crippen LogP contribution < -0.4 is 14.4 Å². The quantitative estimate of drug-likeness (QED) is 0.731. The molecule has 128 valence electrons. The molecule has 0 amide bonds. The summed E-state index contributed by atoms with van der Waals surface area (Å²) in [6, 6.07) is 17.8. The van der Waals surface area contributed by atoms with E-state index in [9.17, 15) is 0 Å². The second kappa shape index (κ2) is 7.55. The lowest BCUT2D eigenvalue weighted by Crippen LogP contribution is -2.68. The van der Waals surface area contributed by atoms with Crippen LogP contribution in [0.4, 0.5) is 5.69 Å². The molecule has 2 atom stereocenters. The van der Waals surface area contributed by atoms with Crippen molar-refractivity contribution in [1.29, 1.82) is 0 Å². The molecule has 5 nitrogen and oxygen atoms in total. The third-order valence-corrected chi connectivity index (χ3v) is 4.30. The van der Waals surface area contributed by atoms with E-state index in [-0.39, 0.29) is 18.4 Å². The number of benzene rings is 2. The smallest absolute Gasteiger partial charge is 0.180 e. The monoisotopic (exact) mass is 329 g/mol. The Bertz CT molecular complexity index is 628. The van der Waals surface area contributed by atoms with Crippen LogP contribution in [0.2, 0.25) is 0 Å². The molecule has 0 radical (unpaired) electrons. The predicted octanol–water partition coefficient (Wildman–Crippen LogP) is 2.95. The van der Waals surface area contributed by atoms with Crippen LogP contribution in [0.15, 0.2) is 54.6 Å². The van der Waals surface area contributed by atoms with Gasteiger partial charge in [0.05, 0.1) is 13.7 Å². The number of rotatable bonds is 7. The van der Waals surface area contributed by atoms with E-state index in [0.717, 1.165) is 23.7 Å². The van der Waals surface area contributed by atoms with Crippen molar-refractivity contribution in [3.8, 4) is 11.5 Å². The molecule has 1 aliphatic heterocycles. The zero-order valence-electron chi connectivity index (χ0n) is 14.2. The predicted molar refractivity (Wildman–Crippen MR) is 92.8 cm³/mol. The first-order valence-corrected chi connectivity index (χ1v) is 7.95. The van der Waals surface area contributed by atoms with Gasteiger partial charge in [0.15, 0.2) is 6.29 Å². The van der Waals surface area contributed by atoms with E-state index in [1.807, 2.05) is 54.6 Å². The van der Waals surface area contributed by atoms with Gasteiger partial charge >= 0.3 is 0 Å². The fourth-order valence-corrected chi connectivity index (χ4v) is 3.02. The summed E-state index contributed by atoms with van der Waals surface area (Å²) < 4.78 is 22.3. The first-order chi connectivity index (χ1) is 11.8. The minimum Gasteiger partial charge on any atom is -0.497 e. The van der Waals surface area contributed by atoms with E-state index in [4.69, 9.17) is 18.9 Å². The Hall–Kier alpha value is -2.24. The molecule has 0 unspecified atom stereocenters. The zero-order chi connectivity index (χ0) is 16.9. The summed E-state index contributed by atoms with van der Waals surface area (Å²) in [5.74, 6) is 1.69. The molecule has 2 aromatic rings.